The van der Waals surface area contributed by atoms with E-state index in [1.165, 1.54) is 25.7 Å². The second-order valence-corrected chi connectivity index (χ2v) is 4.80. The average molecular weight is 235 g/mol. The molecule has 1 aromatic rings. The van der Waals surface area contributed by atoms with E-state index in [-0.39, 0.29) is 0 Å². The van der Waals surface area contributed by atoms with Gasteiger partial charge < -0.3 is 9.84 Å². The van der Waals surface area contributed by atoms with Crippen molar-refractivity contribution in [2.24, 2.45) is 5.92 Å². The summed E-state index contributed by atoms with van der Waals surface area (Å²) in [7, 11) is 1.60. The molecule has 0 aliphatic heterocycles. The van der Waals surface area contributed by atoms with Crippen LogP contribution in [-0.2, 0) is 0 Å². The fraction of sp³-hybridized carbons (Fsp3) is 0.643. The highest BCUT2D eigenvalue weighted by atomic mass is 16.5. The number of hydrogen-bond donors (Lipinski definition) is 1. The van der Waals surface area contributed by atoms with Crippen LogP contribution < -0.4 is 4.74 Å². The molecule has 0 aromatic carbocycles. The van der Waals surface area contributed by atoms with Crippen LogP contribution in [0.1, 0.15) is 50.3 Å². The van der Waals surface area contributed by atoms with Gasteiger partial charge in [-0.15, -0.1) is 0 Å². The molecule has 94 valence electrons. The number of ether oxygens (including phenoxy) is 1. The molecule has 3 nitrogen and oxygen atoms in total. The molecular weight excluding hydrogens is 214 g/mol. The Morgan fingerprint density at radius 3 is 2.59 bits per heavy atom. The maximum Gasteiger partial charge on any atom is 0.213 e. The summed E-state index contributed by atoms with van der Waals surface area (Å²) in [5, 5.41) is 10.4. The van der Waals surface area contributed by atoms with Crippen LogP contribution in [0.4, 0.5) is 0 Å². The maximum atomic E-state index is 10.4. The highest BCUT2D eigenvalue weighted by Crippen LogP contribution is 2.33. The van der Waals surface area contributed by atoms with Gasteiger partial charge in [0.2, 0.25) is 5.88 Å². The lowest BCUT2D eigenvalue weighted by Crippen LogP contribution is -2.13. The lowest BCUT2D eigenvalue weighted by Gasteiger charge is -2.20. The van der Waals surface area contributed by atoms with Crippen molar-refractivity contribution in [3.05, 3.63) is 23.9 Å². The highest BCUT2D eigenvalue weighted by molar-refractivity contribution is 5.17. The van der Waals surface area contributed by atoms with E-state index in [0.717, 1.165) is 18.5 Å². The van der Waals surface area contributed by atoms with Gasteiger partial charge in [-0.05, 0) is 24.8 Å². The molecule has 3 heteroatoms. The van der Waals surface area contributed by atoms with E-state index in [1.54, 1.807) is 7.11 Å². The minimum Gasteiger partial charge on any atom is -0.481 e. The Morgan fingerprint density at radius 2 is 1.94 bits per heavy atom. The van der Waals surface area contributed by atoms with Crippen molar-refractivity contribution in [3.8, 4) is 5.88 Å². The second kappa shape index (κ2) is 6.01. The summed E-state index contributed by atoms with van der Waals surface area (Å²) in [4.78, 5) is 4.32. The third kappa shape index (κ3) is 3.19. The minimum atomic E-state index is -0.441. The van der Waals surface area contributed by atoms with Gasteiger partial charge in [0.1, 0.15) is 0 Å². The monoisotopic (exact) mass is 235 g/mol. The number of rotatable bonds is 3. The number of aliphatic hydroxyl groups excluding tert-OH is 1. The molecule has 1 aliphatic carbocycles. The SMILES string of the molecule is COc1cccc(C(O)C2CCCCCC2)n1. The third-order valence-corrected chi connectivity index (χ3v) is 3.60. The van der Waals surface area contributed by atoms with E-state index in [0.29, 0.717) is 11.8 Å². The normalized spacial score (nSPS) is 19.6. The fourth-order valence-electron chi connectivity index (χ4n) is 2.58. The Bertz CT molecular complexity index is 346. The van der Waals surface area contributed by atoms with Gasteiger partial charge >= 0.3 is 0 Å². The predicted molar refractivity (Wildman–Crippen MR) is 66.9 cm³/mol. The number of aliphatic hydroxyl groups is 1. The molecule has 0 saturated heterocycles. The summed E-state index contributed by atoms with van der Waals surface area (Å²) in [6, 6.07) is 5.59. The largest absolute Gasteiger partial charge is 0.481 e. The van der Waals surface area contributed by atoms with E-state index in [2.05, 4.69) is 4.98 Å². The number of nitrogens with zero attached hydrogens (tertiary/aromatic N) is 1. The molecule has 1 heterocycles. The van der Waals surface area contributed by atoms with Gasteiger partial charge in [-0.3, -0.25) is 0 Å². The first-order chi connectivity index (χ1) is 8.31. The molecule has 0 bridgehead atoms. The summed E-state index contributed by atoms with van der Waals surface area (Å²) in [6.45, 7) is 0. The highest BCUT2D eigenvalue weighted by Gasteiger charge is 2.23. The lowest BCUT2D eigenvalue weighted by atomic mass is 9.92. The van der Waals surface area contributed by atoms with Crippen molar-refractivity contribution in [1.82, 2.24) is 4.98 Å². The number of pyridine rings is 1. The number of methoxy groups -OCH3 is 1. The molecule has 1 atom stereocenters. The van der Waals surface area contributed by atoms with Gasteiger partial charge in [-0.1, -0.05) is 31.7 Å². The number of aromatic nitrogens is 1. The molecule has 1 N–H and O–H groups in total. The molecule has 17 heavy (non-hydrogen) atoms. The zero-order chi connectivity index (χ0) is 12.1. The summed E-state index contributed by atoms with van der Waals surface area (Å²) in [5.74, 6) is 0.937. The summed E-state index contributed by atoms with van der Waals surface area (Å²) in [6.07, 6.45) is 6.84. The summed E-state index contributed by atoms with van der Waals surface area (Å²) >= 11 is 0. The molecule has 2 rings (SSSR count). The van der Waals surface area contributed by atoms with Crippen LogP contribution in [0.3, 0.4) is 0 Å². The Labute approximate surface area is 103 Å². The topological polar surface area (TPSA) is 42.4 Å². The third-order valence-electron chi connectivity index (χ3n) is 3.60. The van der Waals surface area contributed by atoms with Crippen molar-refractivity contribution in [2.75, 3.05) is 7.11 Å². The average Bonchev–Trinajstić information content (AvgIpc) is 2.67. The van der Waals surface area contributed by atoms with Gasteiger partial charge in [-0.2, -0.15) is 0 Å². The van der Waals surface area contributed by atoms with Crippen LogP contribution >= 0.6 is 0 Å². The second-order valence-electron chi connectivity index (χ2n) is 4.80. The molecule has 1 aromatic heterocycles. The van der Waals surface area contributed by atoms with Gasteiger partial charge in [-0.25, -0.2) is 4.98 Å². The standard InChI is InChI=1S/C14H21NO2/c1-17-13-10-6-9-12(15-13)14(16)11-7-4-2-3-5-8-11/h6,9-11,14,16H,2-5,7-8H2,1H3. The minimum absolute atomic E-state index is 0.358. The predicted octanol–water partition coefficient (Wildman–Crippen LogP) is 3.09. The van der Waals surface area contributed by atoms with E-state index < -0.39 is 6.10 Å². The summed E-state index contributed by atoms with van der Waals surface area (Å²) < 4.78 is 5.09. The van der Waals surface area contributed by atoms with Gasteiger partial charge in [0.15, 0.2) is 0 Å². The van der Waals surface area contributed by atoms with Crippen molar-refractivity contribution in [2.45, 2.75) is 44.6 Å². The molecule has 1 fully saturated rings. The first kappa shape index (κ1) is 12.4. The maximum absolute atomic E-state index is 10.4. The van der Waals surface area contributed by atoms with Crippen molar-refractivity contribution >= 4 is 0 Å². The first-order valence-corrected chi connectivity index (χ1v) is 6.50. The zero-order valence-electron chi connectivity index (χ0n) is 10.4. The Kier molecular flexibility index (Phi) is 4.37. The molecular formula is C14H21NO2. The number of hydrogen-bond acceptors (Lipinski definition) is 3. The van der Waals surface area contributed by atoms with E-state index in [1.807, 2.05) is 18.2 Å². The quantitative estimate of drug-likeness (QED) is 0.819. The molecule has 1 saturated carbocycles. The van der Waals surface area contributed by atoms with Crippen molar-refractivity contribution in [3.63, 3.8) is 0 Å². The van der Waals surface area contributed by atoms with Crippen LogP contribution in [0.15, 0.2) is 18.2 Å². The van der Waals surface area contributed by atoms with Crippen LogP contribution in [0.2, 0.25) is 0 Å². The zero-order valence-corrected chi connectivity index (χ0v) is 10.4. The van der Waals surface area contributed by atoms with Crippen molar-refractivity contribution in [1.29, 1.82) is 0 Å². The van der Waals surface area contributed by atoms with Crippen LogP contribution in [0.25, 0.3) is 0 Å². The van der Waals surface area contributed by atoms with E-state index in [9.17, 15) is 5.11 Å². The Morgan fingerprint density at radius 1 is 1.24 bits per heavy atom. The Balaban J connectivity index is 2.08. The smallest absolute Gasteiger partial charge is 0.213 e. The van der Waals surface area contributed by atoms with Gasteiger partial charge in [0, 0.05) is 6.07 Å². The van der Waals surface area contributed by atoms with Crippen molar-refractivity contribution < 1.29 is 9.84 Å². The Hall–Kier alpha value is -1.09. The molecule has 0 amide bonds. The first-order valence-electron chi connectivity index (χ1n) is 6.50. The molecule has 1 unspecified atom stereocenters. The van der Waals surface area contributed by atoms with Crippen LogP contribution in [0, 0.1) is 5.92 Å². The van der Waals surface area contributed by atoms with Crippen LogP contribution in [-0.4, -0.2) is 17.2 Å². The van der Waals surface area contributed by atoms with E-state index >= 15 is 0 Å². The lowest BCUT2D eigenvalue weighted by molar-refractivity contribution is 0.0942. The van der Waals surface area contributed by atoms with E-state index in [4.69, 9.17) is 4.74 Å². The van der Waals surface area contributed by atoms with Gasteiger partial charge in [0.05, 0.1) is 18.9 Å². The fourth-order valence-corrected chi connectivity index (χ4v) is 2.58. The molecule has 1 aliphatic rings. The van der Waals surface area contributed by atoms with Crippen LogP contribution in [0.5, 0.6) is 5.88 Å². The van der Waals surface area contributed by atoms with Gasteiger partial charge in [0.25, 0.3) is 0 Å². The molecule has 0 radical (unpaired) electrons. The molecule has 0 spiro atoms. The summed E-state index contributed by atoms with van der Waals surface area (Å²) in [5.41, 5.74) is 0.747.